The van der Waals surface area contributed by atoms with Crippen molar-refractivity contribution in [3.63, 3.8) is 0 Å². The Hall–Kier alpha value is -0.120. The van der Waals surface area contributed by atoms with Crippen LogP contribution in [0.2, 0.25) is 0 Å². The quantitative estimate of drug-likeness (QED) is 0.673. The maximum Gasteiger partial charge on any atom is 0.0855 e. The first-order valence-electron chi connectivity index (χ1n) is 4.87. The molecule has 0 aromatic carbocycles. The first-order valence-corrected chi connectivity index (χ1v) is 4.87. The second kappa shape index (κ2) is 3.95. The monoisotopic (exact) mass is 188 g/mol. The summed E-state index contributed by atoms with van der Waals surface area (Å²) in [6.45, 7) is 7.07. The van der Waals surface area contributed by atoms with Gasteiger partial charge >= 0.3 is 0 Å². The molecule has 3 heteroatoms. The predicted octanol–water partition coefficient (Wildman–Crippen LogP) is 0.791. The van der Waals surface area contributed by atoms with E-state index in [0.29, 0.717) is 13.2 Å². The Morgan fingerprint density at radius 2 is 1.92 bits per heavy atom. The van der Waals surface area contributed by atoms with E-state index in [0.717, 1.165) is 6.42 Å². The van der Waals surface area contributed by atoms with Gasteiger partial charge in [0.25, 0.3) is 0 Å². The minimum Gasteiger partial charge on any atom is -0.390 e. The molecule has 0 aliphatic carbocycles. The van der Waals surface area contributed by atoms with Crippen LogP contribution in [-0.2, 0) is 4.74 Å². The lowest BCUT2D eigenvalue weighted by atomic mass is 9.81. The molecule has 78 valence electrons. The van der Waals surface area contributed by atoms with Crippen LogP contribution in [0.3, 0.4) is 0 Å². The van der Waals surface area contributed by atoms with Crippen LogP contribution < -0.4 is 0 Å². The Balaban J connectivity index is 2.50. The lowest BCUT2D eigenvalue weighted by Crippen LogP contribution is -2.42. The zero-order valence-electron chi connectivity index (χ0n) is 8.66. The normalized spacial score (nSPS) is 28.8. The summed E-state index contributed by atoms with van der Waals surface area (Å²) < 4.78 is 5.17. The summed E-state index contributed by atoms with van der Waals surface area (Å²) in [5.41, 5.74) is -0.262. The van der Waals surface area contributed by atoms with Crippen molar-refractivity contribution < 1.29 is 14.9 Å². The number of hydrogen-bond donors (Lipinski definition) is 2. The molecule has 1 aliphatic heterocycles. The molecule has 0 radical (unpaired) electrons. The fraction of sp³-hybridized carbons (Fsp3) is 1.00. The summed E-state index contributed by atoms with van der Waals surface area (Å²) in [6.07, 6.45) is -0.462. The molecule has 0 bridgehead atoms. The third-order valence-corrected chi connectivity index (χ3v) is 2.66. The molecule has 3 unspecified atom stereocenters. The first kappa shape index (κ1) is 11.0. The van der Waals surface area contributed by atoms with Crippen molar-refractivity contribution in [1.29, 1.82) is 0 Å². The van der Waals surface area contributed by atoms with Gasteiger partial charge in [0.2, 0.25) is 0 Å². The Morgan fingerprint density at radius 1 is 1.31 bits per heavy atom. The van der Waals surface area contributed by atoms with Crippen molar-refractivity contribution in [2.45, 2.75) is 39.4 Å². The first-order chi connectivity index (χ1) is 5.93. The van der Waals surface area contributed by atoms with Crippen LogP contribution >= 0.6 is 0 Å². The van der Waals surface area contributed by atoms with Gasteiger partial charge in [-0.25, -0.2) is 0 Å². The van der Waals surface area contributed by atoms with Gasteiger partial charge in [0.15, 0.2) is 0 Å². The number of ether oxygens (including phenoxy) is 1. The largest absolute Gasteiger partial charge is 0.390 e. The van der Waals surface area contributed by atoms with Crippen LogP contribution in [0.5, 0.6) is 0 Å². The average molecular weight is 188 g/mol. The molecular formula is C10H20O3. The molecule has 0 amide bonds. The molecule has 1 heterocycles. The van der Waals surface area contributed by atoms with Crippen molar-refractivity contribution in [1.82, 2.24) is 0 Å². The van der Waals surface area contributed by atoms with Crippen molar-refractivity contribution in [2.75, 3.05) is 13.2 Å². The molecular weight excluding hydrogens is 168 g/mol. The van der Waals surface area contributed by atoms with Crippen LogP contribution in [0.4, 0.5) is 0 Å². The summed E-state index contributed by atoms with van der Waals surface area (Å²) in [5, 5.41) is 19.6. The fourth-order valence-electron chi connectivity index (χ4n) is 1.59. The Labute approximate surface area is 79.7 Å². The second-order valence-corrected chi connectivity index (χ2v) is 4.93. The standard InChI is InChI=1S/C10H20O3/c1-10(2,3)9(12)8(11)7-4-5-13-6-7/h7-9,11-12H,4-6H2,1-3H3. The van der Waals surface area contributed by atoms with E-state index in [2.05, 4.69) is 0 Å². The van der Waals surface area contributed by atoms with Gasteiger partial charge in [-0.2, -0.15) is 0 Å². The van der Waals surface area contributed by atoms with Gasteiger partial charge in [-0.15, -0.1) is 0 Å². The topological polar surface area (TPSA) is 49.7 Å². The third kappa shape index (κ3) is 2.66. The smallest absolute Gasteiger partial charge is 0.0855 e. The van der Waals surface area contributed by atoms with Gasteiger partial charge in [-0.1, -0.05) is 20.8 Å². The van der Waals surface area contributed by atoms with Gasteiger partial charge in [-0.3, -0.25) is 0 Å². The van der Waals surface area contributed by atoms with Gasteiger partial charge in [0.1, 0.15) is 0 Å². The molecule has 13 heavy (non-hydrogen) atoms. The minimum absolute atomic E-state index is 0.106. The van der Waals surface area contributed by atoms with Crippen molar-refractivity contribution >= 4 is 0 Å². The van der Waals surface area contributed by atoms with E-state index >= 15 is 0 Å². The maximum absolute atomic E-state index is 9.82. The molecule has 2 N–H and O–H groups in total. The molecule has 0 aromatic heterocycles. The molecule has 1 aliphatic rings. The number of hydrogen-bond acceptors (Lipinski definition) is 3. The lowest BCUT2D eigenvalue weighted by molar-refractivity contribution is -0.0711. The van der Waals surface area contributed by atoms with Crippen LogP contribution in [-0.4, -0.2) is 35.6 Å². The molecule has 1 saturated heterocycles. The van der Waals surface area contributed by atoms with E-state index in [-0.39, 0.29) is 11.3 Å². The Morgan fingerprint density at radius 3 is 2.31 bits per heavy atom. The summed E-state index contributed by atoms with van der Waals surface area (Å²) in [5.74, 6) is 0.106. The van der Waals surface area contributed by atoms with E-state index in [4.69, 9.17) is 4.74 Å². The van der Waals surface area contributed by atoms with E-state index in [1.165, 1.54) is 0 Å². The fourth-order valence-corrected chi connectivity index (χ4v) is 1.59. The van der Waals surface area contributed by atoms with Crippen LogP contribution in [0.1, 0.15) is 27.2 Å². The van der Waals surface area contributed by atoms with Gasteiger partial charge < -0.3 is 14.9 Å². The predicted molar refractivity (Wildman–Crippen MR) is 50.4 cm³/mol. The molecule has 1 fully saturated rings. The van der Waals surface area contributed by atoms with E-state index in [1.54, 1.807) is 0 Å². The van der Waals surface area contributed by atoms with Crippen LogP contribution in [0.25, 0.3) is 0 Å². The molecule has 0 aromatic rings. The van der Waals surface area contributed by atoms with Crippen molar-refractivity contribution in [3.8, 4) is 0 Å². The molecule has 0 spiro atoms. The zero-order valence-corrected chi connectivity index (χ0v) is 8.66. The Kier molecular flexibility index (Phi) is 3.33. The van der Waals surface area contributed by atoms with E-state index in [9.17, 15) is 10.2 Å². The minimum atomic E-state index is -0.667. The highest BCUT2D eigenvalue weighted by atomic mass is 16.5. The van der Waals surface area contributed by atoms with Crippen LogP contribution in [0, 0.1) is 11.3 Å². The molecule has 0 saturated carbocycles. The van der Waals surface area contributed by atoms with Gasteiger partial charge in [0, 0.05) is 12.5 Å². The highest BCUT2D eigenvalue weighted by Crippen LogP contribution is 2.28. The lowest BCUT2D eigenvalue weighted by Gasteiger charge is -2.32. The van der Waals surface area contributed by atoms with E-state index in [1.807, 2.05) is 20.8 Å². The van der Waals surface area contributed by atoms with Gasteiger partial charge in [-0.05, 0) is 11.8 Å². The Bertz CT molecular complexity index is 156. The molecule has 3 nitrogen and oxygen atoms in total. The SMILES string of the molecule is CC(C)(C)C(O)C(O)C1CCOC1. The average Bonchev–Trinajstić information content (AvgIpc) is 2.51. The summed E-state index contributed by atoms with van der Waals surface area (Å²) in [7, 11) is 0. The second-order valence-electron chi connectivity index (χ2n) is 4.93. The third-order valence-electron chi connectivity index (χ3n) is 2.66. The number of aliphatic hydroxyl groups excluding tert-OH is 2. The summed E-state index contributed by atoms with van der Waals surface area (Å²) >= 11 is 0. The highest BCUT2D eigenvalue weighted by molar-refractivity contribution is 4.85. The molecule has 3 atom stereocenters. The highest BCUT2D eigenvalue weighted by Gasteiger charge is 2.35. The van der Waals surface area contributed by atoms with Crippen molar-refractivity contribution in [3.05, 3.63) is 0 Å². The van der Waals surface area contributed by atoms with Gasteiger partial charge in [0.05, 0.1) is 18.8 Å². The van der Waals surface area contributed by atoms with Crippen molar-refractivity contribution in [2.24, 2.45) is 11.3 Å². The molecule has 1 rings (SSSR count). The maximum atomic E-state index is 9.82. The zero-order chi connectivity index (χ0) is 10.1. The summed E-state index contributed by atoms with van der Waals surface area (Å²) in [6, 6.07) is 0. The van der Waals surface area contributed by atoms with E-state index < -0.39 is 12.2 Å². The van der Waals surface area contributed by atoms with Crippen LogP contribution in [0.15, 0.2) is 0 Å². The number of aliphatic hydroxyl groups is 2. The number of rotatable bonds is 2. The summed E-state index contributed by atoms with van der Waals surface area (Å²) in [4.78, 5) is 0.